The molecule has 1 aliphatic rings. The zero-order chi connectivity index (χ0) is 17.1. The summed E-state index contributed by atoms with van der Waals surface area (Å²) in [6.45, 7) is 6.22. The Balaban J connectivity index is 1.53. The molecule has 3 heterocycles. The maximum absolute atomic E-state index is 6.10. The lowest BCUT2D eigenvalue weighted by atomic mass is 10.3. The number of nitrogens with zero attached hydrogens (tertiary/aromatic N) is 5. The lowest BCUT2D eigenvalue weighted by Crippen LogP contribution is -2.36. The van der Waals surface area contributed by atoms with Crippen LogP contribution in [0.4, 0.5) is 0 Å². The van der Waals surface area contributed by atoms with Gasteiger partial charge in [-0.2, -0.15) is 9.61 Å². The molecule has 1 atom stereocenters. The number of aromatic nitrogens is 4. The first kappa shape index (κ1) is 16.4. The van der Waals surface area contributed by atoms with Crippen molar-refractivity contribution >= 4 is 16.3 Å². The predicted molar refractivity (Wildman–Crippen MR) is 94.9 cm³/mol. The molecular weight excluding hydrogens is 338 g/mol. The number of para-hydroxylation sites is 1. The van der Waals surface area contributed by atoms with Gasteiger partial charge in [0.2, 0.25) is 4.96 Å². The summed E-state index contributed by atoms with van der Waals surface area (Å²) in [5.74, 6) is 1.72. The van der Waals surface area contributed by atoms with Crippen molar-refractivity contribution in [2.24, 2.45) is 0 Å². The molecule has 0 amide bonds. The summed E-state index contributed by atoms with van der Waals surface area (Å²) in [5, 5.41) is 14.2. The molecule has 132 valence electrons. The van der Waals surface area contributed by atoms with Crippen molar-refractivity contribution in [3.05, 3.63) is 41.2 Å². The first-order valence-corrected chi connectivity index (χ1v) is 9.38. The number of morpholine rings is 1. The Bertz CT molecular complexity index is 813. The zero-order valence-corrected chi connectivity index (χ0v) is 15.0. The highest BCUT2D eigenvalue weighted by Crippen LogP contribution is 2.28. The summed E-state index contributed by atoms with van der Waals surface area (Å²) in [5.41, 5.74) is 0. The first-order chi connectivity index (χ1) is 12.3. The van der Waals surface area contributed by atoms with Crippen LogP contribution in [0.15, 0.2) is 30.3 Å². The van der Waals surface area contributed by atoms with Gasteiger partial charge in [-0.15, -0.1) is 10.2 Å². The third-order valence-corrected chi connectivity index (χ3v) is 5.20. The van der Waals surface area contributed by atoms with Gasteiger partial charge in [0.15, 0.2) is 16.9 Å². The summed E-state index contributed by atoms with van der Waals surface area (Å²) >= 11 is 1.54. The summed E-state index contributed by atoms with van der Waals surface area (Å²) in [6, 6.07) is 9.86. The van der Waals surface area contributed by atoms with E-state index in [4.69, 9.17) is 14.6 Å². The van der Waals surface area contributed by atoms with E-state index in [1.807, 2.05) is 34.8 Å². The van der Waals surface area contributed by atoms with E-state index in [-0.39, 0.29) is 6.10 Å². The highest BCUT2D eigenvalue weighted by atomic mass is 32.1. The Labute approximate surface area is 150 Å². The Kier molecular flexibility index (Phi) is 4.91. The molecule has 0 radical (unpaired) electrons. The summed E-state index contributed by atoms with van der Waals surface area (Å²) in [6.07, 6.45) is 0.767. The van der Waals surface area contributed by atoms with Crippen molar-refractivity contribution in [3.63, 3.8) is 0 Å². The van der Waals surface area contributed by atoms with Crippen LogP contribution in [0, 0.1) is 0 Å². The van der Waals surface area contributed by atoms with Crippen LogP contribution in [-0.4, -0.2) is 51.0 Å². The van der Waals surface area contributed by atoms with Crippen LogP contribution in [0.25, 0.3) is 4.96 Å². The maximum atomic E-state index is 6.10. The van der Waals surface area contributed by atoms with Gasteiger partial charge in [0.25, 0.3) is 0 Å². The monoisotopic (exact) mass is 359 g/mol. The average molecular weight is 359 g/mol. The molecule has 1 aliphatic heterocycles. The molecule has 0 N–H and O–H groups in total. The minimum atomic E-state index is -0.0784. The second-order valence-electron chi connectivity index (χ2n) is 5.97. The van der Waals surface area contributed by atoms with Crippen LogP contribution >= 0.6 is 11.3 Å². The fourth-order valence-electron chi connectivity index (χ4n) is 2.83. The third kappa shape index (κ3) is 3.65. The minimum Gasteiger partial charge on any atom is -0.483 e. The second kappa shape index (κ2) is 7.47. The molecule has 25 heavy (non-hydrogen) atoms. The first-order valence-electron chi connectivity index (χ1n) is 8.56. The topological polar surface area (TPSA) is 64.8 Å². The van der Waals surface area contributed by atoms with Crippen LogP contribution in [-0.2, 0) is 11.3 Å². The second-order valence-corrected chi connectivity index (χ2v) is 6.95. The quantitative estimate of drug-likeness (QED) is 0.674. The fraction of sp³-hybridized carbons (Fsp3) is 0.471. The van der Waals surface area contributed by atoms with Gasteiger partial charge < -0.3 is 9.47 Å². The molecule has 0 aliphatic carbocycles. The molecule has 0 saturated carbocycles. The van der Waals surface area contributed by atoms with E-state index < -0.39 is 0 Å². The van der Waals surface area contributed by atoms with Gasteiger partial charge in [0.05, 0.1) is 19.8 Å². The van der Waals surface area contributed by atoms with E-state index in [0.29, 0.717) is 0 Å². The molecule has 1 saturated heterocycles. The molecule has 3 aromatic rings. The van der Waals surface area contributed by atoms with Gasteiger partial charge in [-0.1, -0.05) is 36.5 Å². The Hall–Kier alpha value is -2.03. The van der Waals surface area contributed by atoms with Crippen LogP contribution < -0.4 is 4.74 Å². The van der Waals surface area contributed by atoms with E-state index >= 15 is 0 Å². The minimum absolute atomic E-state index is 0.0784. The van der Waals surface area contributed by atoms with Crippen LogP contribution in [0.5, 0.6) is 5.75 Å². The largest absolute Gasteiger partial charge is 0.483 e. The van der Waals surface area contributed by atoms with Crippen LogP contribution in [0.3, 0.4) is 0 Å². The number of benzene rings is 1. The van der Waals surface area contributed by atoms with Crippen LogP contribution in [0.1, 0.15) is 30.3 Å². The molecule has 2 aromatic heterocycles. The van der Waals surface area contributed by atoms with Gasteiger partial charge in [0.1, 0.15) is 5.75 Å². The standard InChI is InChI=1S/C17H21N5O2S/c1-2-14(24-13-6-4-3-5-7-13)16-20-22-15(18-19-17(22)25-16)12-21-8-10-23-11-9-21/h3-7,14H,2,8-12H2,1H3/t14-/m0/s1. The van der Waals surface area contributed by atoms with E-state index in [9.17, 15) is 0 Å². The number of fused-ring (bicyclic) bond motifs is 1. The number of ether oxygens (including phenoxy) is 2. The van der Waals surface area contributed by atoms with E-state index in [0.717, 1.165) is 60.8 Å². The number of hydrogen-bond donors (Lipinski definition) is 0. The molecule has 4 rings (SSSR count). The normalized spacial score (nSPS) is 17.0. The third-order valence-electron chi connectivity index (χ3n) is 4.21. The highest BCUT2D eigenvalue weighted by Gasteiger charge is 2.21. The number of hydrogen-bond acceptors (Lipinski definition) is 7. The molecule has 0 spiro atoms. The van der Waals surface area contributed by atoms with Crippen molar-refractivity contribution < 1.29 is 9.47 Å². The van der Waals surface area contributed by atoms with Gasteiger partial charge in [0, 0.05) is 13.1 Å². The Morgan fingerprint density at radius 3 is 2.76 bits per heavy atom. The van der Waals surface area contributed by atoms with Crippen molar-refractivity contribution in [2.75, 3.05) is 26.3 Å². The average Bonchev–Trinajstić information content (AvgIpc) is 3.23. The molecule has 1 aromatic carbocycles. The van der Waals surface area contributed by atoms with Crippen LogP contribution in [0.2, 0.25) is 0 Å². The van der Waals surface area contributed by atoms with Gasteiger partial charge in [-0.05, 0) is 18.6 Å². The maximum Gasteiger partial charge on any atom is 0.234 e. The summed E-state index contributed by atoms with van der Waals surface area (Å²) in [4.78, 5) is 3.13. The SMILES string of the molecule is CC[C@H](Oc1ccccc1)c1nn2c(CN3CCOCC3)nnc2s1. The summed E-state index contributed by atoms with van der Waals surface area (Å²) in [7, 11) is 0. The van der Waals surface area contributed by atoms with E-state index in [2.05, 4.69) is 22.0 Å². The Morgan fingerprint density at radius 1 is 1.20 bits per heavy atom. The predicted octanol–water partition coefficient (Wildman–Crippen LogP) is 2.55. The van der Waals surface area contributed by atoms with Crippen molar-refractivity contribution in [1.82, 2.24) is 24.7 Å². The number of rotatable bonds is 6. The molecule has 0 bridgehead atoms. The highest BCUT2D eigenvalue weighted by molar-refractivity contribution is 7.16. The smallest absolute Gasteiger partial charge is 0.234 e. The molecule has 0 unspecified atom stereocenters. The summed E-state index contributed by atoms with van der Waals surface area (Å²) < 4.78 is 13.4. The molecule has 8 heteroatoms. The van der Waals surface area contributed by atoms with Crippen molar-refractivity contribution in [2.45, 2.75) is 26.0 Å². The van der Waals surface area contributed by atoms with Gasteiger partial charge >= 0.3 is 0 Å². The van der Waals surface area contributed by atoms with Gasteiger partial charge in [-0.25, -0.2) is 0 Å². The zero-order valence-electron chi connectivity index (χ0n) is 14.2. The molecule has 7 nitrogen and oxygen atoms in total. The molecule has 1 fully saturated rings. The van der Waals surface area contributed by atoms with Crippen molar-refractivity contribution in [3.8, 4) is 5.75 Å². The fourth-order valence-corrected chi connectivity index (χ4v) is 3.80. The Morgan fingerprint density at radius 2 is 2.00 bits per heavy atom. The van der Waals surface area contributed by atoms with E-state index in [1.165, 1.54) is 0 Å². The van der Waals surface area contributed by atoms with E-state index in [1.54, 1.807) is 11.3 Å². The lowest BCUT2D eigenvalue weighted by Gasteiger charge is -2.25. The lowest BCUT2D eigenvalue weighted by molar-refractivity contribution is 0.0328. The van der Waals surface area contributed by atoms with Crippen molar-refractivity contribution in [1.29, 1.82) is 0 Å². The van der Waals surface area contributed by atoms with Gasteiger partial charge in [-0.3, -0.25) is 4.90 Å². The molecular formula is C17H21N5O2S.